The van der Waals surface area contributed by atoms with Crippen molar-refractivity contribution in [2.75, 3.05) is 19.8 Å². The third kappa shape index (κ3) is 4.84. The molecule has 0 atom stereocenters. The first-order valence-corrected chi connectivity index (χ1v) is 6.27. The molecule has 0 spiro atoms. The smallest absolute Gasteiger partial charge is 0.254 e. The van der Waals surface area contributed by atoms with E-state index in [0.29, 0.717) is 13.2 Å². The highest BCUT2D eigenvalue weighted by Crippen LogP contribution is 2.09. The van der Waals surface area contributed by atoms with Crippen molar-refractivity contribution in [3.8, 4) is 0 Å². The minimum atomic E-state index is -0.486. The normalized spacial score (nSPS) is 10.4. The van der Waals surface area contributed by atoms with Crippen LogP contribution in [0.15, 0.2) is 18.2 Å². The Morgan fingerprint density at radius 2 is 2.17 bits per heavy atom. The summed E-state index contributed by atoms with van der Waals surface area (Å²) in [5, 5.41) is 2.68. The van der Waals surface area contributed by atoms with Gasteiger partial charge in [0.05, 0.1) is 5.56 Å². The topological polar surface area (TPSA) is 38.3 Å². The molecule has 0 saturated heterocycles. The Balaban J connectivity index is 2.34. The lowest BCUT2D eigenvalue weighted by molar-refractivity contribution is 0.0937. The minimum absolute atomic E-state index is 0.101. The van der Waals surface area contributed by atoms with Crippen molar-refractivity contribution in [2.24, 2.45) is 0 Å². The highest BCUT2D eigenvalue weighted by molar-refractivity contribution is 5.94. The summed E-state index contributed by atoms with van der Waals surface area (Å²) >= 11 is 0. The average molecular weight is 253 g/mol. The van der Waals surface area contributed by atoms with Crippen LogP contribution in [0, 0.1) is 12.7 Å². The maximum Gasteiger partial charge on any atom is 0.254 e. The molecule has 100 valence electrons. The van der Waals surface area contributed by atoms with Gasteiger partial charge in [-0.3, -0.25) is 4.79 Å². The van der Waals surface area contributed by atoms with Crippen LogP contribution in [0.4, 0.5) is 4.39 Å². The van der Waals surface area contributed by atoms with Crippen LogP contribution in [0.25, 0.3) is 0 Å². The van der Waals surface area contributed by atoms with Gasteiger partial charge >= 0.3 is 0 Å². The highest BCUT2D eigenvalue weighted by atomic mass is 19.1. The molecule has 0 aliphatic heterocycles. The van der Waals surface area contributed by atoms with Crippen LogP contribution in [0.5, 0.6) is 0 Å². The summed E-state index contributed by atoms with van der Waals surface area (Å²) in [6.07, 6.45) is 1.72. The predicted octanol–water partition coefficient (Wildman–Crippen LogP) is 2.68. The van der Waals surface area contributed by atoms with Crippen molar-refractivity contribution in [1.29, 1.82) is 0 Å². The summed E-state index contributed by atoms with van der Waals surface area (Å²) in [7, 11) is 0. The monoisotopic (exact) mass is 253 g/mol. The number of nitrogens with one attached hydrogen (secondary N) is 1. The number of hydrogen-bond donors (Lipinski definition) is 1. The molecule has 1 aromatic rings. The Kier molecular flexibility index (Phi) is 6.36. The van der Waals surface area contributed by atoms with Gasteiger partial charge in [0.25, 0.3) is 5.91 Å². The lowest BCUT2D eigenvalue weighted by atomic mass is 10.1. The van der Waals surface area contributed by atoms with Crippen LogP contribution in [0.2, 0.25) is 0 Å². The first-order valence-electron chi connectivity index (χ1n) is 6.27. The van der Waals surface area contributed by atoms with Crippen molar-refractivity contribution >= 4 is 5.91 Å². The number of amides is 1. The molecule has 0 aliphatic rings. The van der Waals surface area contributed by atoms with Gasteiger partial charge in [0, 0.05) is 19.8 Å². The first-order chi connectivity index (χ1) is 8.65. The standard InChI is InChI=1S/C14H20FNO2/c1-3-8-18-9-4-7-16-14(17)12-10-11(2)5-6-13(12)15/h5-6,10H,3-4,7-9H2,1-2H3,(H,16,17). The molecular weight excluding hydrogens is 233 g/mol. The molecule has 0 saturated carbocycles. The largest absolute Gasteiger partial charge is 0.381 e. The number of benzene rings is 1. The van der Waals surface area contributed by atoms with Crippen molar-refractivity contribution in [2.45, 2.75) is 26.7 Å². The number of hydrogen-bond acceptors (Lipinski definition) is 2. The predicted molar refractivity (Wildman–Crippen MR) is 69.2 cm³/mol. The molecule has 1 N–H and O–H groups in total. The average Bonchev–Trinajstić information content (AvgIpc) is 2.36. The molecule has 0 aromatic heterocycles. The van der Waals surface area contributed by atoms with Gasteiger partial charge in [0.15, 0.2) is 0 Å². The van der Waals surface area contributed by atoms with E-state index >= 15 is 0 Å². The van der Waals surface area contributed by atoms with Crippen LogP contribution in [-0.4, -0.2) is 25.7 Å². The van der Waals surface area contributed by atoms with Gasteiger partial charge in [0.1, 0.15) is 5.82 Å². The van der Waals surface area contributed by atoms with Crippen LogP contribution < -0.4 is 5.32 Å². The second kappa shape index (κ2) is 7.82. The van der Waals surface area contributed by atoms with Gasteiger partial charge in [-0.15, -0.1) is 0 Å². The molecule has 0 aliphatic carbocycles. The van der Waals surface area contributed by atoms with Gasteiger partial charge in [-0.05, 0) is 31.9 Å². The van der Waals surface area contributed by atoms with Crippen molar-refractivity contribution < 1.29 is 13.9 Å². The second-order valence-corrected chi connectivity index (χ2v) is 4.21. The molecular formula is C14H20FNO2. The van der Waals surface area contributed by atoms with Crippen LogP contribution >= 0.6 is 0 Å². The first kappa shape index (κ1) is 14.6. The molecule has 18 heavy (non-hydrogen) atoms. The molecule has 0 fully saturated rings. The number of rotatable bonds is 7. The van der Waals surface area contributed by atoms with Crippen molar-refractivity contribution in [1.82, 2.24) is 5.32 Å². The lowest BCUT2D eigenvalue weighted by Gasteiger charge is -2.07. The fourth-order valence-electron chi connectivity index (χ4n) is 1.53. The molecule has 1 aromatic carbocycles. The van der Waals surface area contributed by atoms with Gasteiger partial charge < -0.3 is 10.1 Å². The Morgan fingerprint density at radius 1 is 1.39 bits per heavy atom. The number of carbonyl (C=O) groups excluding carboxylic acids is 1. The van der Waals surface area contributed by atoms with E-state index < -0.39 is 5.82 Å². The maximum atomic E-state index is 13.4. The highest BCUT2D eigenvalue weighted by Gasteiger charge is 2.10. The summed E-state index contributed by atoms with van der Waals surface area (Å²) in [4.78, 5) is 11.7. The Bertz CT molecular complexity index is 393. The Hall–Kier alpha value is -1.42. The zero-order chi connectivity index (χ0) is 13.4. The zero-order valence-electron chi connectivity index (χ0n) is 11.0. The number of halogens is 1. The van der Waals surface area contributed by atoms with Crippen LogP contribution in [0.3, 0.4) is 0 Å². The molecule has 0 bridgehead atoms. The summed E-state index contributed by atoms with van der Waals surface area (Å²) in [5.41, 5.74) is 0.970. The summed E-state index contributed by atoms with van der Waals surface area (Å²) in [5.74, 6) is -0.855. The van der Waals surface area contributed by atoms with Crippen LogP contribution in [0.1, 0.15) is 35.7 Å². The fraction of sp³-hybridized carbons (Fsp3) is 0.500. The molecule has 1 rings (SSSR count). The Labute approximate surface area is 107 Å². The molecule has 4 heteroatoms. The van der Waals surface area contributed by atoms with Gasteiger partial charge in [-0.2, -0.15) is 0 Å². The van der Waals surface area contributed by atoms with Gasteiger partial charge in [-0.1, -0.05) is 18.6 Å². The van der Waals surface area contributed by atoms with Gasteiger partial charge in [0.2, 0.25) is 0 Å². The lowest BCUT2D eigenvalue weighted by Crippen LogP contribution is -2.26. The quantitative estimate of drug-likeness (QED) is 0.759. The maximum absolute atomic E-state index is 13.4. The number of ether oxygens (including phenoxy) is 1. The van der Waals surface area contributed by atoms with E-state index in [2.05, 4.69) is 5.32 Å². The molecule has 3 nitrogen and oxygen atoms in total. The second-order valence-electron chi connectivity index (χ2n) is 4.21. The van der Waals surface area contributed by atoms with E-state index in [-0.39, 0.29) is 11.5 Å². The SMILES string of the molecule is CCCOCCCNC(=O)c1cc(C)ccc1F. The third-order valence-electron chi connectivity index (χ3n) is 2.47. The third-order valence-corrected chi connectivity index (χ3v) is 2.47. The fourth-order valence-corrected chi connectivity index (χ4v) is 1.53. The summed E-state index contributed by atoms with van der Waals surface area (Å²) < 4.78 is 18.7. The van der Waals surface area contributed by atoms with E-state index in [1.165, 1.54) is 6.07 Å². The minimum Gasteiger partial charge on any atom is -0.381 e. The molecule has 1 amide bonds. The Morgan fingerprint density at radius 3 is 2.89 bits per heavy atom. The molecule has 0 radical (unpaired) electrons. The number of carbonyl (C=O) groups is 1. The summed E-state index contributed by atoms with van der Waals surface area (Å²) in [6, 6.07) is 4.51. The summed E-state index contributed by atoms with van der Waals surface area (Å²) in [6.45, 7) is 5.72. The molecule has 0 unspecified atom stereocenters. The zero-order valence-corrected chi connectivity index (χ0v) is 11.0. The van der Waals surface area contributed by atoms with E-state index in [9.17, 15) is 9.18 Å². The molecule has 0 heterocycles. The van der Waals surface area contributed by atoms with E-state index in [0.717, 1.165) is 25.0 Å². The van der Waals surface area contributed by atoms with Crippen molar-refractivity contribution in [3.05, 3.63) is 35.1 Å². The van der Waals surface area contributed by atoms with Crippen molar-refractivity contribution in [3.63, 3.8) is 0 Å². The van der Waals surface area contributed by atoms with E-state index in [4.69, 9.17) is 4.74 Å². The number of aryl methyl sites for hydroxylation is 1. The van der Waals surface area contributed by atoms with Gasteiger partial charge in [-0.25, -0.2) is 4.39 Å². The van der Waals surface area contributed by atoms with E-state index in [1.807, 2.05) is 13.8 Å². The van der Waals surface area contributed by atoms with E-state index in [1.54, 1.807) is 12.1 Å². The van der Waals surface area contributed by atoms with Crippen LogP contribution in [-0.2, 0) is 4.74 Å².